The molecule has 0 saturated heterocycles. The Hall–Kier alpha value is -0.330. The van der Waals surface area contributed by atoms with Crippen molar-refractivity contribution in [3.05, 3.63) is 0 Å². The SMILES string of the molecule is CCCCCCCCC(=O)CC1CC1. The molecule has 0 spiro atoms. The standard InChI is InChI=1S/C13H24O/c1-2-3-4-5-6-7-8-13(14)11-12-9-10-12/h12H,2-11H2,1H3. The molecule has 1 fully saturated rings. The summed E-state index contributed by atoms with van der Waals surface area (Å²) in [5.74, 6) is 1.30. The number of ketones is 1. The van der Waals surface area contributed by atoms with Gasteiger partial charge in [0.25, 0.3) is 0 Å². The van der Waals surface area contributed by atoms with Crippen molar-refractivity contribution in [3.63, 3.8) is 0 Å². The Morgan fingerprint density at radius 2 is 1.71 bits per heavy atom. The van der Waals surface area contributed by atoms with E-state index in [-0.39, 0.29) is 0 Å². The van der Waals surface area contributed by atoms with Crippen molar-refractivity contribution in [1.82, 2.24) is 0 Å². The molecule has 1 saturated carbocycles. The van der Waals surface area contributed by atoms with Gasteiger partial charge in [-0.1, -0.05) is 39.0 Å². The highest BCUT2D eigenvalue weighted by Gasteiger charge is 2.23. The first-order chi connectivity index (χ1) is 6.83. The van der Waals surface area contributed by atoms with Gasteiger partial charge >= 0.3 is 0 Å². The van der Waals surface area contributed by atoms with E-state index in [1.54, 1.807) is 0 Å². The molecule has 14 heavy (non-hydrogen) atoms. The summed E-state index contributed by atoms with van der Waals surface area (Å²) >= 11 is 0. The van der Waals surface area contributed by atoms with Gasteiger partial charge < -0.3 is 0 Å². The second-order valence-electron chi connectivity index (χ2n) is 4.70. The van der Waals surface area contributed by atoms with E-state index in [0.29, 0.717) is 5.78 Å². The molecular formula is C13H24O. The molecule has 0 amide bonds. The van der Waals surface area contributed by atoms with Crippen LogP contribution in [-0.4, -0.2) is 5.78 Å². The van der Waals surface area contributed by atoms with E-state index in [1.165, 1.54) is 44.9 Å². The van der Waals surface area contributed by atoms with Crippen molar-refractivity contribution >= 4 is 5.78 Å². The van der Waals surface area contributed by atoms with Crippen LogP contribution in [0.4, 0.5) is 0 Å². The van der Waals surface area contributed by atoms with E-state index in [2.05, 4.69) is 6.92 Å². The molecule has 1 nitrogen and oxygen atoms in total. The number of unbranched alkanes of at least 4 members (excludes halogenated alkanes) is 5. The lowest BCUT2D eigenvalue weighted by Gasteiger charge is -2.00. The first kappa shape index (κ1) is 11.7. The van der Waals surface area contributed by atoms with Crippen molar-refractivity contribution in [2.45, 2.75) is 71.1 Å². The minimum Gasteiger partial charge on any atom is -0.300 e. The molecular weight excluding hydrogens is 172 g/mol. The van der Waals surface area contributed by atoms with Crippen molar-refractivity contribution in [1.29, 1.82) is 0 Å². The second-order valence-corrected chi connectivity index (χ2v) is 4.70. The van der Waals surface area contributed by atoms with Crippen LogP contribution in [-0.2, 0) is 4.79 Å². The van der Waals surface area contributed by atoms with Crippen LogP contribution in [0.25, 0.3) is 0 Å². The summed E-state index contributed by atoms with van der Waals surface area (Å²) in [6, 6.07) is 0. The van der Waals surface area contributed by atoms with Gasteiger partial charge in [0.05, 0.1) is 0 Å². The van der Waals surface area contributed by atoms with E-state index in [0.717, 1.165) is 25.2 Å². The molecule has 1 heteroatoms. The Balaban J connectivity index is 1.80. The Bertz CT molecular complexity index is 159. The van der Waals surface area contributed by atoms with Crippen molar-refractivity contribution < 1.29 is 4.79 Å². The number of carbonyl (C=O) groups is 1. The largest absolute Gasteiger partial charge is 0.300 e. The van der Waals surface area contributed by atoms with Gasteiger partial charge in [0, 0.05) is 12.8 Å². The summed E-state index contributed by atoms with van der Waals surface area (Å²) in [6.07, 6.45) is 12.1. The number of rotatable bonds is 9. The lowest BCUT2D eigenvalue weighted by molar-refractivity contribution is -0.119. The van der Waals surface area contributed by atoms with Crippen molar-refractivity contribution in [2.24, 2.45) is 5.92 Å². The molecule has 82 valence electrons. The molecule has 0 atom stereocenters. The first-order valence-corrected chi connectivity index (χ1v) is 6.34. The quantitative estimate of drug-likeness (QED) is 0.507. The van der Waals surface area contributed by atoms with E-state index in [1.807, 2.05) is 0 Å². The zero-order valence-corrected chi connectivity index (χ0v) is 9.56. The maximum Gasteiger partial charge on any atom is 0.133 e. The zero-order valence-electron chi connectivity index (χ0n) is 9.56. The third-order valence-electron chi connectivity index (χ3n) is 3.02. The van der Waals surface area contributed by atoms with Gasteiger partial charge in [-0.2, -0.15) is 0 Å². The Kier molecular flexibility index (Phi) is 5.89. The van der Waals surface area contributed by atoms with Gasteiger partial charge in [-0.05, 0) is 25.2 Å². The molecule has 0 aromatic heterocycles. The van der Waals surface area contributed by atoms with Crippen LogP contribution in [0.3, 0.4) is 0 Å². The average molecular weight is 196 g/mol. The third kappa shape index (κ3) is 6.17. The molecule has 0 unspecified atom stereocenters. The molecule has 0 bridgehead atoms. The van der Waals surface area contributed by atoms with Crippen molar-refractivity contribution in [2.75, 3.05) is 0 Å². The van der Waals surface area contributed by atoms with E-state index in [4.69, 9.17) is 0 Å². The van der Waals surface area contributed by atoms with Crippen LogP contribution < -0.4 is 0 Å². The fraction of sp³-hybridized carbons (Fsp3) is 0.923. The normalized spacial score (nSPS) is 15.8. The van der Waals surface area contributed by atoms with Gasteiger partial charge in [-0.15, -0.1) is 0 Å². The molecule has 1 aliphatic carbocycles. The van der Waals surface area contributed by atoms with Crippen LogP contribution >= 0.6 is 0 Å². The topological polar surface area (TPSA) is 17.1 Å². The number of Topliss-reactive ketones (excluding diaryl/α,β-unsaturated/α-hetero) is 1. The summed E-state index contributed by atoms with van der Waals surface area (Å²) in [4.78, 5) is 11.4. The molecule has 1 rings (SSSR count). The highest BCUT2D eigenvalue weighted by molar-refractivity contribution is 5.78. The molecule has 0 aliphatic heterocycles. The molecule has 0 radical (unpaired) electrons. The van der Waals surface area contributed by atoms with E-state index >= 15 is 0 Å². The first-order valence-electron chi connectivity index (χ1n) is 6.34. The molecule has 1 aliphatic rings. The minimum atomic E-state index is 0.517. The predicted octanol–water partition coefficient (Wildman–Crippen LogP) is 4.11. The maximum absolute atomic E-state index is 11.4. The number of hydrogen-bond donors (Lipinski definition) is 0. The van der Waals surface area contributed by atoms with Gasteiger partial charge in [0.1, 0.15) is 5.78 Å². The lowest BCUT2D eigenvalue weighted by atomic mass is 10.1. The summed E-state index contributed by atoms with van der Waals surface area (Å²) in [7, 11) is 0. The molecule has 0 aromatic rings. The van der Waals surface area contributed by atoms with E-state index < -0.39 is 0 Å². The van der Waals surface area contributed by atoms with Gasteiger partial charge in [0.2, 0.25) is 0 Å². The molecule has 0 N–H and O–H groups in total. The average Bonchev–Trinajstić information content (AvgIpc) is 2.95. The summed E-state index contributed by atoms with van der Waals surface area (Å²) < 4.78 is 0. The maximum atomic E-state index is 11.4. The van der Waals surface area contributed by atoms with Crippen LogP contribution in [0.2, 0.25) is 0 Å². The number of carbonyl (C=O) groups excluding carboxylic acids is 1. The Morgan fingerprint density at radius 1 is 1.07 bits per heavy atom. The smallest absolute Gasteiger partial charge is 0.133 e. The fourth-order valence-corrected chi connectivity index (χ4v) is 1.85. The van der Waals surface area contributed by atoms with Gasteiger partial charge in [-0.3, -0.25) is 4.79 Å². The number of hydrogen-bond acceptors (Lipinski definition) is 1. The van der Waals surface area contributed by atoms with Crippen LogP contribution in [0.5, 0.6) is 0 Å². The minimum absolute atomic E-state index is 0.517. The lowest BCUT2D eigenvalue weighted by Crippen LogP contribution is -1.98. The van der Waals surface area contributed by atoms with Crippen LogP contribution in [0.15, 0.2) is 0 Å². The van der Waals surface area contributed by atoms with E-state index in [9.17, 15) is 4.79 Å². The van der Waals surface area contributed by atoms with Gasteiger partial charge in [-0.25, -0.2) is 0 Å². The Morgan fingerprint density at radius 3 is 2.36 bits per heavy atom. The van der Waals surface area contributed by atoms with Gasteiger partial charge in [0.15, 0.2) is 0 Å². The highest BCUT2D eigenvalue weighted by Crippen LogP contribution is 2.33. The third-order valence-corrected chi connectivity index (χ3v) is 3.02. The Labute approximate surface area is 88.3 Å². The highest BCUT2D eigenvalue weighted by atomic mass is 16.1. The van der Waals surface area contributed by atoms with Crippen LogP contribution in [0.1, 0.15) is 71.1 Å². The second kappa shape index (κ2) is 7.03. The van der Waals surface area contributed by atoms with Crippen LogP contribution in [0, 0.1) is 5.92 Å². The summed E-state index contributed by atoms with van der Waals surface area (Å²) in [5.41, 5.74) is 0. The molecule has 0 aromatic carbocycles. The predicted molar refractivity (Wildman–Crippen MR) is 60.3 cm³/mol. The summed E-state index contributed by atoms with van der Waals surface area (Å²) in [5, 5.41) is 0. The molecule has 0 heterocycles. The summed E-state index contributed by atoms with van der Waals surface area (Å²) in [6.45, 7) is 2.24. The zero-order chi connectivity index (χ0) is 10.2. The van der Waals surface area contributed by atoms with Crippen molar-refractivity contribution in [3.8, 4) is 0 Å². The fourth-order valence-electron chi connectivity index (χ4n) is 1.85. The monoisotopic (exact) mass is 196 g/mol.